The molecule has 4 rings (SSSR count). The van der Waals surface area contributed by atoms with Crippen LogP contribution in [0.25, 0.3) is 0 Å². The van der Waals surface area contributed by atoms with Crippen LogP contribution in [0.5, 0.6) is 5.88 Å². The van der Waals surface area contributed by atoms with Gasteiger partial charge < -0.3 is 20.3 Å². The second kappa shape index (κ2) is 8.08. The summed E-state index contributed by atoms with van der Waals surface area (Å²) in [7, 11) is 1.62. The van der Waals surface area contributed by atoms with Crippen LogP contribution >= 0.6 is 12.2 Å². The molecular formula is C20H25N5OS. The molecule has 0 bridgehead atoms. The van der Waals surface area contributed by atoms with E-state index in [0.29, 0.717) is 23.0 Å². The summed E-state index contributed by atoms with van der Waals surface area (Å²) in [5.74, 6) is 1.83. The van der Waals surface area contributed by atoms with Crippen molar-refractivity contribution < 1.29 is 4.74 Å². The first kappa shape index (κ1) is 18.0. The lowest BCUT2D eigenvalue weighted by molar-refractivity contribution is 0.397. The van der Waals surface area contributed by atoms with Crippen molar-refractivity contribution in [2.45, 2.75) is 51.2 Å². The van der Waals surface area contributed by atoms with E-state index in [9.17, 15) is 0 Å². The Labute approximate surface area is 165 Å². The Balaban J connectivity index is 1.47. The van der Waals surface area contributed by atoms with Gasteiger partial charge in [-0.2, -0.15) is 9.97 Å². The number of nitrogens with one attached hydrogen (secondary N) is 2. The second-order valence-electron chi connectivity index (χ2n) is 7.15. The summed E-state index contributed by atoms with van der Waals surface area (Å²) in [5, 5.41) is 7.11. The third kappa shape index (κ3) is 4.30. The summed E-state index contributed by atoms with van der Waals surface area (Å²) in [5.41, 5.74) is 2.66. The van der Waals surface area contributed by atoms with Gasteiger partial charge in [-0.25, -0.2) is 0 Å². The molecule has 0 amide bonds. The molecule has 1 saturated carbocycles. The quantitative estimate of drug-likeness (QED) is 0.782. The molecule has 0 radical (unpaired) electrons. The minimum atomic E-state index is 0.442. The van der Waals surface area contributed by atoms with Crippen LogP contribution in [0, 0.1) is 0 Å². The van der Waals surface area contributed by atoms with Gasteiger partial charge in [-0.15, -0.1) is 0 Å². The van der Waals surface area contributed by atoms with Crippen LogP contribution in [0.4, 0.5) is 11.8 Å². The van der Waals surface area contributed by atoms with E-state index in [2.05, 4.69) is 49.8 Å². The number of anilines is 2. The average molecular weight is 384 g/mol. The maximum Gasteiger partial charge on any atom is 0.234 e. The topological polar surface area (TPSA) is 62.3 Å². The van der Waals surface area contributed by atoms with Crippen molar-refractivity contribution in [1.82, 2.24) is 15.3 Å². The van der Waals surface area contributed by atoms with Gasteiger partial charge in [-0.3, -0.25) is 0 Å². The summed E-state index contributed by atoms with van der Waals surface area (Å²) in [6, 6.07) is 10.8. The molecule has 7 heteroatoms. The molecule has 1 aromatic heterocycles. The number of hydrogen-bond donors (Lipinski definition) is 2. The largest absolute Gasteiger partial charge is 0.481 e. The Morgan fingerprint density at radius 2 is 1.81 bits per heavy atom. The van der Waals surface area contributed by atoms with Crippen molar-refractivity contribution >= 4 is 29.1 Å². The summed E-state index contributed by atoms with van der Waals surface area (Å²) in [6.45, 7) is 1.67. The molecule has 2 N–H and O–H groups in total. The van der Waals surface area contributed by atoms with Crippen molar-refractivity contribution in [1.29, 1.82) is 0 Å². The number of hydrogen-bond acceptors (Lipinski definition) is 5. The van der Waals surface area contributed by atoms with Gasteiger partial charge in [0.2, 0.25) is 11.8 Å². The van der Waals surface area contributed by atoms with Crippen molar-refractivity contribution in [3.8, 4) is 5.88 Å². The van der Waals surface area contributed by atoms with Crippen LogP contribution in [0.15, 0.2) is 30.3 Å². The number of fused-ring (bicyclic) bond motifs is 1. The molecular weight excluding hydrogens is 358 g/mol. The van der Waals surface area contributed by atoms with Crippen LogP contribution < -0.4 is 20.3 Å². The molecule has 2 heterocycles. The van der Waals surface area contributed by atoms with Crippen LogP contribution in [0.2, 0.25) is 0 Å². The third-order valence-electron chi connectivity index (χ3n) is 5.23. The number of aromatic nitrogens is 2. The molecule has 27 heavy (non-hydrogen) atoms. The third-order valence-corrected chi connectivity index (χ3v) is 5.45. The van der Waals surface area contributed by atoms with Crippen molar-refractivity contribution in [3.63, 3.8) is 0 Å². The van der Waals surface area contributed by atoms with Crippen LogP contribution in [0.3, 0.4) is 0 Å². The maximum absolute atomic E-state index is 5.47. The summed E-state index contributed by atoms with van der Waals surface area (Å²) in [4.78, 5) is 11.3. The molecule has 1 aliphatic carbocycles. The van der Waals surface area contributed by atoms with Gasteiger partial charge in [0.15, 0.2) is 5.11 Å². The van der Waals surface area contributed by atoms with E-state index in [0.717, 1.165) is 31.7 Å². The van der Waals surface area contributed by atoms with Crippen molar-refractivity contribution in [2.24, 2.45) is 0 Å². The first-order chi connectivity index (χ1) is 13.2. The number of benzene rings is 1. The zero-order chi connectivity index (χ0) is 18.6. The molecule has 142 valence electrons. The smallest absolute Gasteiger partial charge is 0.234 e. The predicted octanol–water partition coefficient (Wildman–Crippen LogP) is 3.62. The molecule has 6 nitrogen and oxygen atoms in total. The fourth-order valence-electron chi connectivity index (χ4n) is 3.80. The summed E-state index contributed by atoms with van der Waals surface area (Å²) >= 11 is 5.47. The van der Waals surface area contributed by atoms with Gasteiger partial charge in [0.1, 0.15) is 5.82 Å². The Kier molecular flexibility index (Phi) is 5.38. The lowest BCUT2D eigenvalue weighted by atomic mass is 9.96. The zero-order valence-electron chi connectivity index (χ0n) is 15.6. The van der Waals surface area contributed by atoms with E-state index in [1.165, 1.54) is 30.4 Å². The Morgan fingerprint density at radius 1 is 1.11 bits per heavy atom. The van der Waals surface area contributed by atoms with Crippen LogP contribution in [0.1, 0.15) is 43.2 Å². The minimum absolute atomic E-state index is 0.442. The van der Waals surface area contributed by atoms with Crippen molar-refractivity contribution in [2.75, 3.05) is 17.3 Å². The highest BCUT2D eigenvalue weighted by Crippen LogP contribution is 2.29. The maximum atomic E-state index is 5.47. The molecule has 0 atom stereocenters. The zero-order valence-corrected chi connectivity index (χ0v) is 16.4. The van der Waals surface area contributed by atoms with Crippen molar-refractivity contribution in [3.05, 3.63) is 41.5 Å². The average Bonchev–Trinajstić information content (AvgIpc) is 3.12. The standard InChI is InChI=1S/C20H25N5OS/c1-26-18-11-17(25-12-14-7-5-6-8-15(14)13-25)22-19(23-18)24-20(27)21-16-9-3-2-4-10-16/h5-8,11,16H,2-4,9-10,12-13H2,1H3,(H2,21,22,23,24,27). The fraction of sp³-hybridized carbons (Fsp3) is 0.450. The van der Waals surface area contributed by atoms with Gasteiger partial charge in [0.05, 0.1) is 7.11 Å². The predicted molar refractivity (Wildman–Crippen MR) is 111 cm³/mol. The van der Waals surface area contributed by atoms with Gasteiger partial charge in [-0.1, -0.05) is 43.5 Å². The number of ether oxygens (including phenoxy) is 1. The molecule has 0 spiro atoms. The summed E-state index contributed by atoms with van der Waals surface area (Å²) in [6.07, 6.45) is 6.17. The number of rotatable bonds is 4. The Hall–Kier alpha value is -2.41. The monoisotopic (exact) mass is 383 g/mol. The molecule has 1 aliphatic heterocycles. The second-order valence-corrected chi connectivity index (χ2v) is 7.56. The highest BCUT2D eigenvalue weighted by molar-refractivity contribution is 7.80. The summed E-state index contributed by atoms with van der Waals surface area (Å²) < 4.78 is 5.38. The molecule has 0 unspecified atom stereocenters. The molecule has 2 aromatic rings. The lowest BCUT2D eigenvalue weighted by Crippen LogP contribution is -2.39. The van der Waals surface area contributed by atoms with E-state index in [-0.39, 0.29) is 0 Å². The first-order valence-corrected chi connectivity index (χ1v) is 9.94. The van der Waals surface area contributed by atoms with Gasteiger partial charge in [0, 0.05) is 25.2 Å². The normalized spacial score (nSPS) is 16.7. The molecule has 1 aromatic carbocycles. The Bertz CT molecular complexity index is 797. The number of methoxy groups -OCH3 is 1. The van der Waals surface area contributed by atoms with Crippen LogP contribution in [-0.4, -0.2) is 28.2 Å². The van der Waals surface area contributed by atoms with E-state index in [1.54, 1.807) is 7.11 Å². The van der Waals surface area contributed by atoms with Gasteiger partial charge in [-0.05, 0) is 36.2 Å². The number of thiocarbonyl (C=S) groups is 1. The molecule has 0 saturated heterocycles. The fourth-order valence-corrected chi connectivity index (χ4v) is 4.06. The van der Waals surface area contributed by atoms with Crippen LogP contribution in [-0.2, 0) is 13.1 Å². The molecule has 1 fully saturated rings. The SMILES string of the molecule is COc1cc(N2Cc3ccccc3C2)nc(NC(=S)NC2CCCCC2)n1. The first-order valence-electron chi connectivity index (χ1n) is 9.53. The Morgan fingerprint density at radius 3 is 2.48 bits per heavy atom. The minimum Gasteiger partial charge on any atom is -0.481 e. The number of nitrogens with zero attached hydrogens (tertiary/aromatic N) is 3. The van der Waals surface area contributed by atoms with E-state index >= 15 is 0 Å². The lowest BCUT2D eigenvalue weighted by Gasteiger charge is -2.24. The van der Waals surface area contributed by atoms with Gasteiger partial charge >= 0.3 is 0 Å². The highest BCUT2D eigenvalue weighted by Gasteiger charge is 2.21. The van der Waals surface area contributed by atoms with E-state index < -0.39 is 0 Å². The van der Waals surface area contributed by atoms with Gasteiger partial charge in [0.25, 0.3) is 0 Å². The molecule has 2 aliphatic rings. The van der Waals surface area contributed by atoms with E-state index in [1.807, 2.05) is 6.07 Å². The van der Waals surface area contributed by atoms with E-state index in [4.69, 9.17) is 17.0 Å². The highest BCUT2D eigenvalue weighted by atomic mass is 32.1.